The van der Waals surface area contributed by atoms with Crippen LogP contribution in [0.2, 0.25) is 0 Å². The third kappa shape index (κ3) is 10.5. The molecule has 38 heavy (non-hydrogen) atoms. The van der Waals surface area contributed by atoms with E-state index in [1.165, 1.54) is 5.56 Å². The fourth-order valence-electron chi connectivity index (χ4n) is 4.37. The van der Waals surface area contributed by atoms with Crippen molar-refractivity contribution < 1.29 is 19.1 Å². The Kier molecular flexibility index (Phi) is 12.7. The number of benzene rings is 2. The lowest BCUT2D eigenvalue weighted by Crippen LogP contribution is -2.56. The van der Waals surface area contributed by atoms with Gasteiger partial charge in [-0.15, -0.1) is 0 Å². The molecule has 2 aromatic rings. The van der Waals surface area contributed by atoms with Crippen LogP contribution < -0.4 is 10.6 Å². The highest BCUT2D eigenvalue weighted by molar-refractivity contribution is 7.99. The molecule has 0 saturated carbocycles. The van der Waals surface area contributed by atoms with Crippen molar-refractivity contribution in [2.24, 2.45) is 5.92 Å². The van der Waals surface area contributed by atoms with Crippen molar-refractivity contribution in [3.63, 3.8) is 0 Å². The van der Waals surface area contributed by atoms with Gasteiger partial charge in [-0.3, -0.25) is 9.59 Å². The minimum absolute atomic E-state index is 0.00489. The van der Waals surface area contributed by atoms with Crippen molar-refractivity contribution in [1.82, 2.24) is 15.5 Å². The third-order valence-corrected chi connectivity index (χ3v) is 7.51. The standard InChI is InChI=1S/C30H41N3O4S/c1-23(2)20-27(32-30(36)33-15-17-37-18-16-33)29(35)31-26(21-25-12-7-4-8-13-25)28(34)22-38-19-9-14-24-10-5-3-6-11-24/h3-8,10-13,23,26-27H,9,14-22H2,1-2H3,(H,31,35)(H,32,36)/t26-,27-/m0/s1. The lowest BCUT2D eigenvalue weighted by atomic mass is 10.00. The number of amides is 3. The van der Waals surface area contributed by atoms with Gasteiger partial charge in [-0.2, -0.15) is 11.8 Å². The summed E-state index contributed by atoms with van der Waals surface area (Å²) in [6.45, 7) is 6.01. The van der Waals surface area contributed by atoms with E-state index in [9.17, 15) is 14.4 Å². The number of nitrogens with one attached hydrogen (secondary N) is 2. The van der Waals surface area contributed by atoms with Crippen molar-refractivity contribution >= 4 is 29.5 Å². The van der Waals surface area contributed by atoms with Gasteiger partial charge in [-0.05, 0) is 48.5 Å². The van der Waals surface area contributed by atoms with Crippen LogP contribution in [0.5, 0.6) is 0 Å². The third-order valence-electron chi connectivity index (χ3n) is 6.45. The van der Waals surface area contributed by atoms with Crippen LogP contribution in [0.1, 0.15) is 37.8 Å². The van der Waals surface area contributed by atoms with Gasteiger partial charge in [0.25, 0.3) is 0 Å². The number of morpholine rings is 1. The minimum Gasteiger partial charge on any atom is -0.378 e. The lowest BCUT2D eigenvalue weighted by Gasteiger charge is -2.30. The molecule has 0 spiro atoms. The van der Waals surface area contributed by atoms with E-state index in [1.54, 1.807) is 16.7 Å². The summed E-state index contributed by atoms with van der Waals surface area (Å²) in [4.78, 5) is 41.2. The number of thioether (sulfide) groups is 1. The fraction of sp³-hybridized carbons (Fsp3) is 0.500. The Hall–Kier alpha value is -2.84. The van der Waals surface area contributed by atoms with E-state index in [0.717, 1.165) is 24.2 Å². The summed E-state index contributed by atoms with van der Waals surface area (Å²) in [5, 5.41) is 5.89. The second-order valence-corrected chi connectivity index (χ2v) is 11.2. The monoisotopic (exact) mass is 539 g/mol. The van der Waals surface area contributed by atoms with Crippen molar-refractivity contribution in [2.45, 2.75) is 51.6 Å². The van der Waals surface area contributed by atoms with Crippen LogP contribution in [0.15, 0.2) is 60.7 Å². The van der Waals surface area contributed by atoms with Crippen LogP contribution in [0, 0.1) is 5.92 Å². The molecular weight excluding hydrogens is 498 g/mol. The van der Waals surface area contributed by atoms with Crippen LogP contribution in [-0.2, 0) is 27.2 Å². The topological polar surface area (TPSA) is 87.7 Å². The highest BCUT2D eigenvalue weighted by Crippen LogP contribution is 2.13. The molecule has 2 aromatic carbocycles. The van der Waals surface area contributed by atoms with Gasteiger partial charge in [0.1, 0.15) is 6.04 Å². The van der Waals surface area contributed by atoms with Crippen molar-refractivity contribution in [2.75, 3.05) is 37.8 Å². The molecule has 1 saturated heterocycles. The largest absolute Gasteiger partial charge is 0.378 e. The Bertz CT molecular complexity index is 997. The number of ether oxygens (including phenoxy) is 1. The molecule has 0 aromatic heterocycles. The van der Waals surface area contributed by atoms with Crippen LogP contribution >= 0.6 is 11.8 Å². The fourth-order valence-corrected chi connectivity index (χ4v) is 5.27. The first-order valence-electron chi connectivity index (χ1n) is 13.5. The highest BCUT2D eigenvalue weighted by Gasteiger charge is 2.29. The Morgan fingerprint density at radius 2 is 1.53 bits per heavy atom. The van der Waals surface area contributed by atoms with E-state index >= 15 is 0 Å². The molecule has 1 fully saturated rings. The summed E-state index contributed by atoms with van der Waals surface area (Å²) in [7, 11) is 0. The maximum Gasteiger partial charge on any atom is 0.318 e. The zero-order valence-electron chi connectivity index (χ0n) is 22.6. The van der Waals surface area contributed by atoms with Gasteiger partial charge in [0, 0.05) is 13.1 Å². The van der Waals surface area contributed by atoms with Crippen LogP contribution in [0.3, 0.4) is 0 Å². The first-order valence-corrected chi connectivity index (χ1v) is 14.7. The van der Waals surface area contributed by atoms with E-state index in [0.29, 0.717) is 44.9 Å². The number of nitrogens with zero attached hydrogens (tertiary/aromatic N) is 1. The average molecular weight is 540 g/mol. The number of urea groups is 1. The summed E-state index contributed by atoms with van der Waals surface area (Å²) in [6.07, 6.45) is 2.87. The van der Waals surface area contributed by atoms with E-state index < -0.39 is 12.1 Å². The molecule has 2 N–H and O–H groups in total. The Morgan fingerprint density at radius 3 is 2.16 bits per heavy atom. The summed E-state index contributed by atoms with van der Waals surface area (Å²) in [5.41, 5.74) is 2.28. The summed E-state index contributed by atoms with van der Waals surface area (Å²) in [6, 6.07) is 18.4. The SMILES string of the molecule is CC(C)C[C@H](NC(=O)N1CCOCC1)C(=O)N[C@@H](Cc1ccccc1)C(=O)CSCCCc1ccccc1. The van der Waals surface area contributed by atoms with Gasteiger partial charge >= 0.3 is 6.03 Å². The Labute approximate surface area is 231 Å². The molecule has 3 rings (SSSR count). The molecule has 0 unspecified atom stereocenters. The summed E-state index contributed by atoms with van der Waals surface area (Å²) in [5.74, 6) is 1.08. The number of ketones is 1. The zero-order chi connectivity index (χ0) is 27.2. The van der Waals surface area contributed by atoms with E-state index in [-0.39, 0.29) is 23.6 Å². The smallest absolute Gasteiger partial charge is 0.318 e. The molecular formula is C30H41N3O4S. The molecule has 8 heteroatoms. The molecule has 0 radical (unpaired) electrons. The number of rotatable bonds is 14. The van der Waals surface area contributed by atoms with Crippen molar-refractivity contribution in [1.29, 1.82) is 0 Å². The van der Waals surface area contributed by atoms with Gasteiger partial charge in [-0.25, -0.2) is 4.79 Å². The number of aryl methyl sites for hydroxylation is 1. The average Bonchev–Trinajstić information content (AvgIpc) is 2.93. The molecule has 3 amide bonds. The van der Waals surface area contributed by atoms with Crippen molar-refractivity contribution in [3.05, 3.63) is 71.8 Å². The van der Waals surface area contributed by atoms with Gasteiger partial charge in [-0.1, -0.05) is 74.5 Å². The van der Waals surface area contributed by atoms with Crippen LogP contribution in [0.25, 0.3) is 0 Å². The van der Waals surface area contributed by atoms with Crippen LogP contribution in [-0.4, -0.2) is 72.5 Å². The number of hydrogen-bond acceptors (Lipinski definition) is 5. The second-order valence-electron chi connectivity index (χ2n) is 10.1. The minimum atomic E-state index is -0.713. The molecule has 2 atom stereocenters. The first-order chi connectivity index (χ1) is 18.4. The molecule has 0 aliphatic carbocycles. The number of Topliss-reactive ketones (excluding diaryl/α,β-unsaturated/α-hetero) is 1. The van der Waals surface area contributed by atoms with Gasteiger partial charge in [0.15, 0.2) is 5.78 Å². The predicted molar refractivity (Wildman–Crippen MR) is 153 cm³/mol. The highest BCUT2D eigenvalue weighted by atomic mass is 32.2. The number of carbonyl (C=O) groups is 3. The Morgan fingerprint density at radius 1 is 0.895 bits per heavy atom. The first kappa shape index (κ1) is 29.7. The van der Waals surface area contributed by atoms with Gasteiger partial charge < -0.3 is 20.3 Å². The quantitative estimate of drug-likeness (QED) is 0.353. The van der Waals surface area contributed by atoms with E-state index in [4.69, 9.17) is 4.74 Å². The number of hydrogen-bond donors (Lipinski definition) is 2. The predicted octanol–water partition coefficient (Wildman–Crippen LogP) is 4.11. The zero-order valence-corrected chi connectivity index (χ0v) is 23.4. The molecule has 1 heterocycles. The summed E-state index contributed by atoms with van der Waals surface area (Å²) < 4.78 is 5.33. The number of carbonyl (C=O) groups excluding carboxylic acids is 3. The lowest BCUT2D eigenvalue weighted by molar-refractivity contribution is -0.128. The summed E-state index contributed by atoms with van der Waals surface area (Å²) >= 11 is 1.61. The molecule has 1 aliphatic rings. The Balaban J connectivity index is 1.59. The molecule has 7 nitrogen and oxygen atoms in total. The van der Waals surface area contributed by atoms with Gasteiger partial charge in [0.05, 0.1) is 25.0 Å². The van der Waals surface area contributed by atoms with Gasteiger partial charge in [0.2, 0.25) is 5.91 Å². The second kappa shape index (κ2) is 16.2. The maximum atomic E-state index is 13.4. The van der Waals surface area contributed by atoms with Crippen molar-refractivity contribution in [3.8, 4) is 0 Å². The van der Waals surface area contributed by atoms with E-state index in [1.807, 2.05) is 62.4 Å². The maximum absolute atomic E-state index is 13.4. The van der Waals surface area contributed by atoms with E-state index in [2.05, 4.69) is 22.8 Å². The normalized spacial score (nSPS) is 15.1. The molecule has 0 bridgehead atoms. The molecule has 1 aliphatic heterocycles. The van der Waals surface area contributed by atoms with Crippen LogP contribution in [0.4, 0.5) is 4.79 Å². The molecule has 206 valence electrons.